The van der Waals surface area contributed by atoms with Gasteiger partial charge in [-0.25, -0.2) is 0 Å². The Morgan fingerprint density at radius 3 is 2.78 bits per heavy atom. The van der Waals surface area contributed by atoms with Crippen molar-refractivity contribution in [3.8, 4) is 5.75 Å². The highest BCUT2D eigenvalue weighted by molar-refractivity contribution is 5.48. The minimum atomic E-state index is -3.08. The Labute approximate surface area is 103 Å². The van der Waals surface area contributed by atoms with Gasteiger partial charge in [-0.05, 0) is 24.6 Å². The van der Waals surface area contributed by atoms with Crippen molar-refractivity contribution in [1.29, 1.82) is 0 Å². The third kappa shape index (κ3) is 4.25. The Morgan fingerprint density at radius 2 is 2.22 bits per heavy atom. The molecule has 0 spiro atoms. The Hall–Kier alpha value is -1.76. The van der Waals surface area contributed by atoms with Crippen LogP contribution in [0.5, 0.6) is 5.75 Å². The fourth-order valence-corrected chi connectivity index (χ4v) is 1.42. The highest BCUT2D eigenvalue weighted by Gasteiger charge is 2.18. The summed E-state index contributed by atoms with van der Waals surface area (Å²) in [6, 6.07) is 3.95. The van der Waals surface area contributed by atoms with Crippen molar-refractivity contribution in [3.63, 3.8) is 0 Å². The van der Waals surface area contributed by atoms with Gasteiger partial charge in [0.05, 0.1) is 4.92 Å². The Bertz CT molecular complexity index is 413. The molecule has 0 bridgehead atoms. The van der Waals surface area contributed by atoms with Gasteiger partial charge in [-0.1, -0.05) is 13.0 Å². The molecular weight excluding hydrogens is 246 g/mol. The minimum absolute atomic E-state index is 0.422. The highest BCUT2D eigenvalue weighted by Crippen LogP contribution is 2.29. The van der Waals surface area contributed by atoms with Crippen molar-refractivity contribution in [2.45, 2.75) is 26.5 Å². The average molecular weight is 260 g/mol. The van der Waals surface area contributed by atoms with E-state index < -0.39 is 23.0 Å². The van der Waals surface area contributed by atoms with Crippen molar-refractivity contribution in [3.05, 3.63) is 33.9 Å². The van der Waals surface area contributed by atoms with Crippen LogP contribution in [0.15, 0.2) is 18.2 Å². The van der Waals surface area contributed by atoms with E-state index in [1.165, 1.54) is 18.2 Å². The maximum atomic E-state index is 12.1. The molecule has 0 aliphatic carbocycles. The first-order chi connectivity index (χ1) is 8.54. The molecule has 18 heavy (non-hydrogen) atoms. The molecule has 0 aromatic heterocycles. The summed E-state index contributed by atoms with van der Waals surface area (Å²) in [4.78, 5) is 10.0. The van der Waals surface area contributed by atoms with Crippen LogP contribution in [0.2, 0.25) is 0 Å². The molecule has 0 aliphatic rings. The van der Waals surface area contributed by atoms with E-state index in [1.807, 2.05) is 6.92 Å². The van der Waals surface area contributed by atoms with Crippen LogP contribution in [0.25, 0.3) is 0 Å². The van der Waals surface area contributed by atoms with E-state index in [0.717, 1.165) is 13.0 Å². The predicted octanol–water partition coefficient (Wildman–Crippen LogP) is 2.70. The number of hydrogen-bond acceptors (Lipinski definition) is 4. The highest BCUT2D eigenvalue weighted by atomic mass is 19.3. The monoisotopic (exact) mass is 260 g/mol. The SMILES string of the molecule is CCCNCc1ccc(OC(F)F)c([N+](=O)[O-])c1. The smallest absolute Gasteiger partial charge is 0.387 e. The van der Waals surface area contributed by atoms with Crippen LogP contribution in [-0.4, -0.2) is 18.1 Å². The summed E-state index contributed by atoms with van der Waals surface area (Å²) < 4.78 is 28.2. The van der Waals surface area contributed by atoms with E-state index in [1.54, 1.807) is 0 Å². The molecule has 0 fully saturated rings. The van der Waals surface area contributed by atoms with E-state index in [9.17, 15) is 18.9 Å². The van der Waals surface area contributed by atoms with E-state index in [2.05, 4.69) is 10.1 Å². The van der Waals surface area contributed by atoms with Crippen LogP contribution in [0.1, 0.15) is 18.9 Å². The van der Waals surface area contributed by atoms with E-state index in [4.69, 9.17) is 0 Å². The fourth-order valence-electron chi connectivity index (χ4n) is 1.42. The number of nitrogens with zero attached hydrogens (tertiary/aromatic N) is 1. The first kappa shape index (κ1) is 14.3. The van der Waals surface area contributed by atoms with Gasteiger partial charge in [0.15, 0.2) is 0 Å². The van der Waals surface area contributed by atoms with Crippen molar-refractivity contribution in [2.75, 3.05) is 6.54 Å². The summed E-state index contributed by atoms with van der Waals surface area (Å²) in [5.41, 5.74) is 0.197. The summed E-state index contributed by atoms with van der Waals surface area (Å²) in [5, 5.41) is 13.8. The molecule has 0 radical (unpaired) electrons. The largest absolute Gasteiger partial charge is 0.427 e. The molecule has 0 saturated carbocycles. The zero-order chi connectivity index (χ0) is 13.5. The lowest BCUT2D eigenvalue weighted by molar-refractivity contribution is -0.386. The number of nitro groups is 1. The molecule has 1 aromatic rings. The molecule has 0 aliphatic heterocycles. The van der Waals surface area contributed by atoms with Crippen LogP contribution >= 0.6 is 0 Å². The maximum absolute atomic E-state index is 12.1. The van der Waals surface area contributed by atoms with Crippen LogP contribution in [-0.2, 0) is 6.54 Å². The van der Waals surface area contributed by atoms with Gasteiger partial charge in [0.25, 0.3) is 0 Å². The van der Waals surface area contributed by atoms with Crippen LogP contribution in [0, 0.1) is 10.1 Å². The Balaban J connectivity index is 2.85. The summed E-state index contributed by atoms with van der Waals surface area (Å²) in [6.45, 7) is 0.148. The third-order valence-electron chi connectivity index (χ3n) is 2.19. The molecule has 0 unspecified atom stereocenters. The van der Waals surface area contributed by atoms with E-state index >= 15 is 0 Å². The van der Waals surface area contributed by atoms with E-state index in [-0.39, 0.29) is 0 Å². The zero-order valence-electron chi connectivity index (χ0n) is 9.86. The van der Waals surface area contributed by atoms with Gasteiger partial charge in [0, 0.05) is 12.6 Å². The minimum Gasteiger partial charge on any atom is -0.427 e. The lowest BCUT2D eigenvalue weighted by atomic mass is 10.2. The summed E-state index contributed by atoms with van der Waals surface area (Å²) >= 11 is 0. The van der Waals surface area contributed by atoms with Gasteiger partial charge in [0.2, 0.25) is 5.75 Å². The molecule has 0 atom stereocenters. The molecule has 5 nitrogen and oxygen atoms in total. The summed E-state index contributed by atoms with van der Waals surface area (Å²) in [5.74, 6) is -0.422. The van der Waals surface area contributed by atoms with Gasteiger partial charge in [0.1, 0.15) is 0 Å². The van der Waals surface area contributed by atoms with Gasteiger partial charge in [-0.15, -0.1) is 0 Å². The Kier molecular flexibility index (Phi) is 5.44. The van der Waals surface area contributed by atoms with Crippen molar-refractivity contribution in [2.24, 2.45) is 0 Å². The second-order valence-electron chi connectivity index (χ2n) is 3.61. The molecule has 100 valence electrons. The van der Waals surface area contributed by atoms with Gasteiger partial charge in [-0.3, -0.25) is 10.1 Å². The number of halogens is 2. The third-order valence-corrected chi connectivity index (χ3v) is 2.19. The second-order valence-corrected chi connectivity index (χ2v) is 3.61. The first-order valence-corrected chi connectivity index (χ1v) is 5.47. The van der Waals surface area contributed by atoms with Crippen molar-refractivity contribution >= 4 is 5.69 Å². The Morgan fingerprint density at radius 1 is 1.50 bits per heavy atom. The number of benzene rings is 1. The van der Waals surface area contributed by atoms with Crippen molar-refractivity contribution < 1.29 is 18.4 Å². The lowest BCUT2D eigenvalue weighted by Crippen LogP contribution is -2.14. The predicted molar refractivity (Wildman–Crippen MR) is 61.7 cm³/mol. The fraction of sp³-hybridized carbons (Fsp3) is 0.455. The lowest BCUT2D eigenvalue weighted by Gasteiger charge is -2.07. The maximum Gasteiger partial charge on any atom is 0.387 e. The second kappa shape index (κ2) is 6.85. The number of nitrogens with one attached hydrogen (secondary N) is 1. The normalized spacial score (nSPS) is 10.7. The molecule has 0 saturated heterocycles. The van der Waals surface area contributed by atoms with Crippen LogP contribution in [0.4, 0.5) is 14.5 Å². The number of ether oxygens (including phenoxy) is 1. The summed E-state index contributed by atoms with van der Waals surface area (Å²) in [7, 11) is 0. The van der Waals surface area contributed by atoms with Gasteiger partial charge >= 0.3 is 12.3 Å². The number of hydrogen-bond donors (Lipinski definition) is 1. The zero-order valence-corrected chi connectivity index (χ0v) is 9.86. The standard InChI is InChI=1S/C11H14F2N2O3/c1-2-5-14-7-8-3-4-10(18-11(12)13)9(6-8)15(16)17/h3-4,6,11,14H,2,5,7H2,1H3. The van der Waals surface area contributed by atoms with E-state index in [0.29, 0.717) is 12.1 Å². The molecule has 1 N–H and O–H groups in total. The van der Waals surface area contributed by atoms with Crippen LogP contribution in [0.3, 0.4) is 0 Å². The number of nitro benzene ring substituents is 1. The molecule has 0 amide bonds. The quantitative estimate of drug-likeness (QED) is 0.465. The topological polar surface area (TPSA) is 64.4 Å². The van der Waals surface area contributed by atoms with Crippen molar-refractivity contribution in [1.82, 2.24) is 5.32 Å². The van der Waals surface area contributed by atoms with Gasteiger partial charge < -0.3 is 10.1 Å². The summed E-state index contributed by atoms with van der Waals surface area (Å²) in [6.07, 6.45) is 0.939. The molecule has 1 aromatic carbocycles. The molecule has 7 heteroatoms. The number of rotatable bonds is 7. The molecular formula is C11H14F2N2O3. The average Bonchev–Trinajstić information content (AvgIpc) is 2.30. The van der Waals surface area contributed by atoms with Gasteiger partial charge in [-0.2, -0.15) is 8.78 Å². The molecule has 0 heterocycles. The van der Waals surface area contributed by atoms with Crippen LogP contribution < -0.4 is 10.1 Å². The first-order valence-electron chi connectivity index (χ1n) is 5.47. The number of alkyl halides is 2. The molecule has 1 rings (SSSR count).